The van der Waals surface area contributed by atoms with Crippen LogP contribution in [0.4, 0.5) is 0 Å². The summed E-state index contributed by atoms with van der Waals surface area (Å²) in [4.78, 5) is 8.24. The Morgan fingerprint density at radius 3 is 1.89 bits per heavy atom. The van der Waals surface area contributed by atoms with Gasteiger partial charge in [0.25, 0.3) is 10.0 Å². The summed E-state index contributed by atoms with van der Waals surface area (Å²) in [6.45, 7) is 1.95. The number of hydrogen-bond donors (Lipinski definition) is 1. The van der Waals surface area contributed by atoms with Gasteiger partial charge in [-0.15, -0.1) is 0 Å². The first-order valence-corrected chi connectivity index (χ1v) is 16.8. The zero-order chi connectivity index (χ0) is 31.6. The average Bonchev–Trinajstić information content (AvgIpc) is 3.70. The van der Waals surface area contributed by atoms with Crippen molar-refractivity contribution in [1.82, 2.24) is 18.8 Å². The summed E-state index contributed by atoms with van der Waals surface area (Å²) in [5, 5.41) is 10.7. The van der Waals surface area contributed by atoms with Gasteiger partial charge in [0.15, 0.2) is 0 Å². The van der Waals surface area contributed by atoms with Gasteiger partial charge >= 0.3 is 29.6 Å². The number of aromatic nitrogens is 2. The molecule has 0 bridgehead atoms. The summed E-state index contributed by atoms with van der Waals surface area (Å²) < 4.78 is 27.7. The second-order valence-corrected chi connectivity index (χ2v) is 14.2. The van der Waals surface area contributed by atoms with Crippen LogP contribution in [0.5, 0.6) is 0 Å². The molecule has 1 N–H and O–H groups in total. The zero-order valence-electron chi connectivity index (χ0n) is 27.8. The summed E-state index contributed by atoms with van der Waals surface area (Å²) >= 11 is 0. The fraction of sp³-hybridized carbons (Fsp3) is 0.389. The van der Waals surface area contributed by atoms with Crippen molar-refractivity contribution in [2.75, 3.05) is 35.3 Å². The molecular weight excluding hydrogens is 591 g/mol. The van der Waals surface area contributed by atoms with E-state index in [9.17, 15) is 8.42 Å². The molecule has 0 spiro atoms. The molecule has 2 aromatic heterocycles. The molecule has 2 heterocycles. The van der Waals surface area contributed by atoms with Crippen molar-refractivity contribution in [1.29, 1.82) is 0 Å². The van der Waals surface area contributed by atoms with E-state index >= 15 is 0 Å². The Morgan fingerprint density at radius 1 is 0.756 bits per heavy atom. The van der Waals surface area contributed by atoms with E-state index in [0.717, 1.165) is 42.8 Å². The Hall–Kier alpha value is -2.43. The summed E-state index contributed by atoms with van der Waals surface area (Å²) in [5.41, 5.74) is 8.84. The Morgan fingerprint density at radius 2 is 1.31 bits per heavy atom. The second-order valence-electron chi connectivity index (χ2n) is 12.4. The van der Waals surface area contributed by atoms with Crippen LogP contribution in [0.15, 0.2) is 78.0 Å². The summed E-state index contributed by atoms with van der Waals surface area (Å²) in [5.74, 6) is 0. The first-order valence-electron chi connectivity index (χ1n) is 15.4. The van der Waals surface area contributed by atoms with Crippen LogP contribution in [0.25, 0.3) is 21.8 Å². The van der Waals surface area contributed by atoms with Crippen molar-refractivity contribution >= 4 is 31.8 Å². The first kappa shape index (κ1) is 35.4. The normalized spacial score (nSPS) is 17.5. The maximum Gasteiger partial charge on any atom is 1.00 e. The molecule has 0 radical (unpaired) electrons. The number of likely N-dealkylation sites (N-methyl/N-ethyl adjacent to an activating group) is 2. The molecule has 0 saturated heterocycles. The quantitative estimate of drug-likeness (QED) is 0.306. The van der Waals surface area contributed by atoms with Crippen molar-refractivity contribution in [2.24, 2.45) is 0 Å². The Balaban J connectivity index is 0.000000208. The molecule has 9 heteroatoms. The summed E-state index contributed by atoms with van der Waals surface area (Å²) in [6.07, 6.45) is 10.6. The molecule has 0 amide bonds. The minimum absolute atomic E-state index is 0. The fourth-order valence-corrected chi connectivity index (χ4v) is 8.07. The van der Waals surface area contributed by atoms with E-state index in [1.165, 1.54) is 45.3 Å². The average molecular weight is 637 g/mol. The molecule has 234 valence electrons. The molecule has 0 aliphatic heterocycles. The van der Waals surface area contributed by atoms with Crippen molar-refractivity contribution in [3.63, 3.8) is 0 Å². The van der Waals surface area contributed by atoms with Crippen LogP contribution in [-0.4, -0.2) is 74.6 Å². The van der Waals surface area contributed by atoms with Gasteiger partial charge in [-0.25, -0.2) is 12.4 Å². The van der Waals surface area contributed by atoms with Crippen LogP contribution < -0.4 is 34.7 Å². The molecule has 45 heavy (non-hydrogen) atoms. The maximum atomic E-state index is 13.1. The summed E-state index contributed by atoms with van der Waals surface area (Å²) in [7, 11) is 5.76. The predicted molar refractivity (Wildman–Crippen MR) is 179 cm³/mol. The number of hydrogen-bond acceptors (Lipinski definition) is 5. The monoisotopic (exact) mass is 636 g/mol. The largest absolute Gasteiger partial charge is 1.00 e. The summed E-state index contributed by atoms with van der Waals surface area (Å²) in [6, 6.07) is 21.0. The van der Waals surface area contributed by atoms with Crippen molar-refractivity contribution < 1.29 is 43.1 Å². The second kappa shape index (κ2) is 15.0. The number of nitrogens with one attached hydrogen (secondary N) is 1. The van der Waals surface area contributed by atoms with Gasteiger partial charge in [-0.3, -0.25) is 0 Å². The number of aryl methyl sites for hydroxylation is 3. The smallest absolute Gasteiger partial charge is 0.857 e. The number of H-pyrrole nitrogens is 1. The maximum absolute atomic E-state index is 13.1. The molecule has 2 aliphatic rings. The molecule has 0 saturated carbocycles. The van der Waals surface area contributed by atoms with Gasteiger partial charge in [-0.2, -0.15) is 7.11 Å². The molecule has 2 atom stereocenters. The van der Waals surface area contributed by atoms with Crippen LogP contribution >= 0.6 is 0 Å². The third kappa shape index (κ3) is 7.28. The van der Waals surface area contributed by atoms with Crippen molar-refractivity contribution in [3.8, 4) is 0 Å². The fourth-order valence-electron chi connectivity index (χ4n) is 6.72. The van der Waals surface area contributed by atoms with E-state index in [0.29, 0.717) is 17.0 Å². The SMILES string of the molecule is CN(C)C1CCc2ccc3[nH]ccc3c2C1.C[O-].Cc1ccc(S(=O)(=O)n2ccc3c4c(ccc32)CCC(N(C)C)C4)cc1.[Na+]. The molecule has 5 aromatic rings. The number of nitrogens with zero attached hydrogens (tertiary/aromatic N) is 3. The van der Waals surface area contributed by atoms with E-state index < -0.39 is 10.0 Å². The molecule has 7 nitrogen and oxygen atoms in total. The van der Waals surface area contributed by atoms with E-state index in [1.807, 2.05) is 37.4 Å². The van der Waals surface area contributed by atoms with Gasteiger partial charge in [0.1, 0.15) is 0 Å². The van der Waals surface area contributed by atoms with Gasteiger partial charge in [0, 0.05) is 40.8 Å². The molecule has 3 aromatic carbocycles. The molecule has 7 rings (SSSR count). The van der Waals surface area contributed by atoms with Crippen LogP contribution in [0, 0.1) is 6.92 Å². The van der Waals surface area contributed by atoms with Gasteiger partial charge in [-0.1, -0.05) is 29.8 Å². The first-order chi connectivity index (χ1) is 21.1. The predicted octanol–water partition coefficient (Wildman–Crippen LogP) is 2.17. The number of rotatable bonds is 4. The third-order valence-electron chi connectivity index (χ3n) is 9.40. The number of benzene rings is 3. The van der Waals surface area contributed by atoms with Gasteiger partial charge in [0.2, 0.25) is 0 Å². The topological polar surface area (TPSA) is 84.4 Å². The molecule has 2 unspecified atom stereocenters. The Labute approximate surface area is 290 Å². The molecular formula is C36H45N4NaO3S. The van der Waals surface area contributed by atoms with Gasteiger partial charge < -0.3 is 19.9 Å². The van der Waals surface area contributed by atoms with Crippen LogP contribution in [0.3, 0.4) is 0 Å². The number of aromatic amines is 1. The number of fused-ring (bicyclic) bond motifs is 6. The van der Waals surface area contributed by atoms with E-state index in [-0.39, 0.29) is 29.6 Å². The molecule has 2 aliphatic carbocycles. The van der Waals surface area contributed by atoms with Crippen molar-refractivity contribution in [2.45, 2.75) is 62.4 Å². The van der Waals surface area contributed by atoms with Crippen LogP contribution in [0.1, 0.15) is 40.7 Å². The zero-order valence-corrected chi connectivity index (χ0v) is 30.6. The van der Waals surface area contributed by atoms with E-state index in [4.69, 9.17) is 5.11 Å². The molecule has 0 fully saturated rings. The van der Waals surface area contributed by atoms with E-state index in [2.05, 4.69) is 67.2 Å². The minimum Gasteiger partial charge on any atom is -0.857 e. The van der Waals surface area contributed by atoms with Crippen LogP contribution in [-0.2, 0) is 35.7 Å². The van der Waals surface area contributed by atoms with Gasteiger partial charge in [0.05, 0.1) is 10.4 Å². The Kier molecular flexibility index (Phi) is 11.8. The van der Waals surface area contributed by atoms with E-state index in [1.54, 1.807) is 29.5 Å². The Bertz CT molecular complexity index is 1840. The minimum atomic E-state index is -3.59. The van der Waals surface area contributed by atoms with Crippen molar-refractivity contribution in [3.05, 3.63) is 101 Å². The van der Waals surface area contributed by atoms with Gasteiger partial charge in [-0.05, 0) is 132 Å². The third-order valence-corrected chi connectivity index (χ3v) is 11.1. The standard InChI is InChI=1S/C21H24N2O2S.C14H18N2.CH3O.Na/c1-15-4-9-18(10-5-15)26(24,25)23-13-12-19-20-14-17(22(2)3)8-6-16(20)7-11-21(19)23;1-16(2)11-5-3-10-4-6-14-12(7-8-15-14)13(10)9-11;1-2;/h4-5,7,9-13,17H,6,8,14H2,1-3H3;4,6-8,11,15H,3,5,9H2,1-2H3;1H3;/q;;-1;+1. The van der Waals surface area contributed by atoms with Crippen LogP contribution in [0.2, 0.25) is 0 Å².